The quantitative estimate of drug-likeness (QED) is 0.803. The lowest BCUT2D eigenvalue weighted by molar-refractivity contribution is 0.319. The SMILES string of the molecule is CCCOc1ccccc1NCc1ncc[nH]1. The maximum absolute atomic E-state index is 5.66. The molecule has 0 amide bonds. The van der Waals surface area contributed by atoms with E-state index in [1.54, 1.807) is 6.20 Å². The van der Waals surface area contributed by atoms with Crippen LogP contribution in [0.25, 0.3) is 0 Å². The molecule has 0 aliphatic heterocycles. The van der Waals surface area contributed by atoms with E-state index in [1.807, 2.05) is 30.5 Å². The van der Waals surface area contributed by atoms with E-state index in [9.17, 15) is 0 Å². The van der Waals surface area contributed by atoms with E-state index < -0.39 is 0 Å². The molecule has 0 aliphatic rings. The van der Waals surface area contributed by atoms with Crippen LogP contribution in [0.1, 0.15) is 19.2 Å². The summed E-state index contributed by atoms with van der Waals surface area (Å²) >= 11 is 0. The van der Waals surface area contributed by atoms with Gasteiger partial charge in [-0.25, -0.2) is 4.98 Å². The minimum atomic E-state index is 0.666. The van der Waals surface area contributed by atoms with E-state index in [0.29, 0.717) is 6.54 Å². The third-order valence-corrected chi connectivity index (χ3v) is 2.35. The summed E-state index contributed by atoms with van der Waals surface area (Å²) in [5.41, 5.74) is 0.998. The van der Waals surface area contributed by atoms with E-state index in [1.165, 1.54) is 0 Å². The molecule has 2 aromatic rings. The van der Waals surface area contributed by atoms with Crippen molar-refractivity contribution in [3.8, 4) is 5.75 Å². The van der Waals surface area contributed by atoms with Gasteiger partial charge in [0.25, 0.3) is 0 Å². The number of H-pyrrole nitrogens is 1. The molecule has 4 nitrogen and oxygen atoms in total. The van der Waals surface area contributed by atoms with Crippen molar-refractivity contribution in [2.24, 2.45) is 0 Å². The molecule has 0 aliphatic carbocycles. The van der Waals surface area contributed by atoms with Crippen molar-refractivity contribution < 1.29 is 4.74 Å². The highest BCUT2D eigenvalue weighted by atomic mass is 16.5. The lowest BCUT2D eigenvalue weighted by Crippen LogP contribution is -2.04. The lowest BCUT2D eigenvalue weighted by atomic mass is 10.3. The summed E-state index contributed by atoms with van der Waals surface area (Å²) in [5.74, 6) is 1.80. The number of nitrogens with one attached hydrogen (secondary N) is 2. The van der Waals surface area contributed by atoms with Crippen LogP contribution >= 0.6 is 0 Å². The number of para-hydroxylation sites is 2. The number of hydrogen-bond donors (Lipinski definition) is 2. The summed E-state index contributed by atoms with van der Waals surface area (Å²) in [6.07, 6.45) is 4.57. The molecular formula is C13H17N3O. The van der Waals surface area contributed by atoms with Crippen LogP contribution in [-0.4, -0.2) is 16.6 Å². The molecule has 1 aromatic heterocycles. The first kappa shape index (κ1) is 11.5. The van der Waals surface area contributed by atoms with Gasteiger partial charge in [0.1, 0.15) is 11.6 Å². The Morgan fingerprint density at radius 3 is 3.00 bits per heavy atom. The second-order valence-electron chi connectivity index (χ2n) is 3.73. The maximum atomic E-state index is 5.66. The molecule has 0 unspecified atom stereocenters. The fourth-order valence-corrected chi connectivity index (χ4v) is 1.52. The Bertz CT molecular complexity index is 440. The van der Waals surface area contributed by atoms with Gasteiger partial charge in [0, 0.05) is 12.4 Å². The maximum Gasteiger partial charge on any atom is 0.142 e. The fraction of sp³-hybridized carbons (Fsp3) is 0.308. The fourth-order valence-electron chi connectivity index (χ4n) is 1.52. The van der Waals surface area contributed by atoms with Gasteiger partial charge >= 0.3 is 0 Å². The minimum absolute atomic E-state index is 0.666. The summed E-state index contributed by atoms with van der Waals surface area (Å²) in [7, 11) is 0. The van der Waals surface area contributed by atoms with Crippen molar-refractivity contribution in [1.82, 2.24) is 9.97 Å². The monoisotopic (exact) mass is 231 g/mol. The van der Waals surface area contributed by atoms with E-state index in [4.69, 9.17) is 4.74 Å². The van der Waals surface area contributed by atoms with Gasteiger partial charge in [-0.3, -0.25) is 0 Å². The molecule has 0 saturated carbocycles. The first-order chi connectivity index (χ1) is 8.40. The van der Waals surface area contributed by atoms with Gasteiger partial charge in [0.2, 0.25) is 0 Å². The molecule has 17 heavy (non-hydrogen) atoms. The van der Waals surface area contributed by atoms with Gasteiger partial charge in [0.05, 0.1) is 18.8 Å². The molecule has 2 N–H and O–H groups in total. The van der Waals surface area contributed by atoms with Crippen molar-refractivity contribution in [1.29, 1.82) is 0 Å². The molecule has 0 bridgehead atoms. The molecule has 2 rings (SSSR count). The smallest absolute Gasteiger partial charge is 0.142 e. The molecule has 4 heteroatoms. The van der Waals surface area contributed by atoms with Crippen molar-refractivity contribution in [2.45, 2.75) is 19.9 Å². The number of nitrogens with zero attached hydrogens (tertiary/aromatic N) is 1. The number of rotatable bonds is 6. The average Bonchev–Trinajstić information content (AvgIpc) is 2.88. The van der Waals surface area contributed by atoms with E-state index in [2.05, 4.69) is 22.2 Å². The third kappa shape index (κ3) is 3.24. The predicted octanol–water partition coefficient (Wildman–Crippen LogP) is 2.81. The van der Waals surface area contributed by atoms with Gasteiger partial charge in [-0.2, -0.15) is 0 Å². The number of aromatic amines is 1. The number of ether oxygens (including phenoxy) is 1. The van der Waals surface area contributed by atoms with Gasteiger partial charge in [-0.1, -0.05) is 19.1 Å². The van der Waals surface area contributed by atoms with Gasteiger partial charge < -0.3 is 15.0 Å². The molecule has 0 saturated heterocycles. The van der Waals surface area contributed by atoms with Gasteiger partial charge in [0.15, 0.2) is 0 Å². The largest absolute Gasteiger partial charge is 0.491 e. The Hall–Kier alpha value is -1.97. The Labute approximate surface area is 101 Å². The van der Waals surface area contributed by atoms with Crippen LogP contribution in [-0.2, 0) is 6.54 Å². The molecule has 1 heterocycles. The van der Waals surface area contributed by atoms with E-state index in [0.717, 1.165) is 30.3 Å². The number of benzene rings is 1. The van der Waals surface area contributed by atoms with E-state index >= 15 is 0 Å². The van der Waals surface area contributed by atoms with Gasteiger partial charge in [-0.15, -0.1) is 0 Å². The number of imidazole rings is 1. The second-order valence-corrected chi connectivity index (χ2v) is 3.73. The predicted molar refractivity (Wildman–Crippen MR) is 68.1 cm³/mol. The van der Waals surface area contributed by atoms with Crippen LogP contribution in [0.2, 0.25) is 0 Å². The summed E-state index contributed by atoms with van der Waals surface area (Å²) in [6, 6.07) is 7.94. The summed E-state index contributed by atoms with van der Waals surface area (Å²) in [4.78, 5) is 7.22. The normalized spacial score (nSPS) is 10.2. The first-order valence-electron chi connectivity index (χ1n) is 5.84. The number of hydrogen-bond acceptors (Lipinski definition) is 3. The van der Waals surface area contributed by atoms with Gasteiger partial charge in [-0.05, 0) is 18.6 Å². The molecule has 0 fully saturated rings. The Balaban J connectivity index is 1.99. The Morgan fingerprint density at radius 1 is 1.35 bits per heavy atom. The summed E-state index contributed by atoms with van der Waals surface area (Å²) in [6.45, 7) is 3.50. The highest BCUT2D eigenvalue weighted by molar-refractivity contribution is 5.56. The minimum Gasteiger partial charge on any atom is -0.491 e. The molecule has 1 aromatic carbocycles. The highest BCUT2D eigenvalue weighted by Gasteiger charge is 2.02. The number of aromatic nitrogens is 2. The van der Waals surface area contributed by atoms with Crippen LogP contribution in [0.3, 0.4) is 0 Å². The lowest BCUT2D eigenvalue weighted by Gasteiger charge is -2.11. The second kappa shape index (κ2) is 5.94. The zero-order chi connectivity index (χ0) is 11.9. The Morgan fingerprint density at radius 2 is 2.24 bits per heavy atom. The van der Waals surface area contributed by atoms with Crippen LogP contribution in [0.15, 0.2) is 36.7 Å². The van der Waals surface area contributed by atoms with Crippen molar-refractivity contribution in [3.05, 3.63) is 42.5 Å². The molecular weight excluding hydrogens is 214 g/mol. The van der Waals surface area contributed by atoms with Crippen LogP contribution in [0.5, 0.6) is 5.75 Å². The molecule has 0 radical (unpaired) electrons. The van der Waals surface area contributed by atoms with Crippen LogP contribution in [0.4, 0.5) is 5.69 Å². The molecule has 0 atom stereocenters. The summed E-state index contributed by atoms with van der Waals surface area (Å²) < 4.78 is 5.66. The van der Waals surface area contributed by atoms with Crippen molar-refractivity contribution in [3.63, 3.8) is 0 Å². The zero-order valence-corrected chi connectivity index (χ0v) is 9.94. The number of anilines is 1. The van der Waals surface area contributed by atoms with Crippen LogP contribution in [0, 0.1) is 0 Å². The molecule has 0 spiro atoms. The topological polar surface area (TPSA) is 49.9 Å². The Kier molecular flexibility index (Phi) is 4.02. The molecule has 90 valence electrons. The average molecular weight is 231 g/mol. The zero-order valence-electron chi connectivity index (χ0n) is 9.94. The van der Waals surface area contributed by atoms with Crippen molar-refractivity contribution >= 4 is 5.69 Å². The summed E-state index contributed by atoms with van der Waals surface area (Å²) in [5, 5.41) is 3.31. The van der Waals surface area contributed by atoms with E-state index in [-0.39, 0.29) is 0 Å². The van der Waals surface area contributed by atoms with Crippen LogP contribution < -0.4 is 10.1 Å². The first-order valence-corrected chi connectivity index (χ1v) is 5.84. The third-order valence-electron chi connectivity index (χ3n) is 2.35. The van der Waals surface area contributed by atoms with Crippen molar-refractivity contribution in [2.75, 3.05) is 11.9 Å². The highest BCUT2D eigenvalue weighted by Crippen LogP contribution is 2.24. The standard InChI is InChI=1S/C13H17N3O/c1-2-9-17-12-6-4-3-5-11(12)16-10-13-14-7-8-15-13/h3-8,16H,2,9-10H2,1H3,(H,14,15).